The molecule has 0 saturated heterocycles. The predicted octanol–water partition coefficient (Wildman–Crippen LogP) is 2.70. The van der Waals surface area contributed by atoms with Crippen LogP contribution in [0.2, 0.25) is 0 Å². The van der Waals surface area contributed by atoms with Gasteiger partial charge in [0.25, 0.3) is 0 Å². The van der Waals surface area contributed by atoms with Gasteiger partial charge in [0.1, 0.15) is 0 Å². The second-order valence-corrected chi connectivity index (χ2v) is 5.87. The second-order valence-electron chi connectivity index (χ2n) is 5.87. The Hall–Kier alpha value is -2.14. The van der Waals surface area contributed by atoms with Crippen molar-refractivity contribution in [2.75, 3.05) is 39.6 Å². The molecule has 0 aliphatic heterocycles. The standard InChI is InChI=1S/C18H25N3O2/c1-21(2)11-7-6-10-19-17-12-14(13-18(22)23-3)20-16-9-5-4-8-15(16)17/h4-5,8-9,12H,6-7,10-11,13H2,1-3H3,(H,19,20). The highest BCUT2D eigenvalue weighted by atomic mass is 16.5. The lowest BCUT2D eigenvalue weighted by Crippen LogP contribution is -2.14. The highest BCUT2D eigenvalue weighted by Gasteiger charge is 2.09. The van der Waals surface area contributed by atoms with Gasteiger partial charge >= 0.3 is 5.97 Å². The first-order chi connectivity index (χ1) is 11.1. The normalized spacial score (nSPS) is 11.0. The Balaban J connectivity index is 2.11. The van der Waals surface area contributed by atoms with Crippen LogP contribution >= 0.6 is 0 Å². The number of rotatable bonds is 8. The van der Waals surface area contributed by atoms with E-state index in [1.807, 2.05) is 30.3 Å². The summed E-state index contributed by atoms with van der Waals surface area (Å²) in [5.41, 5.74) is 2.65. The van der Waals surface area contributed by atoms with Gasteiger partial charge in [0, 0.05) is 17.6 Å². The number of carbonyl (C=O) groups is 1. The van der Waals surface area contributed by atoms with E-state index in [1.54, 1.807) is 0 Å². The van der Waals surface area contributed by atoms with Crippen molar-refractivity contribution >= 4 is 22.6 Å². The lowest BCUT2D eigenvalue weighted by molar-refractivity contribution is -0.139. The van der Waals surface area contributed by atoms with Crippen LogP contribution in [0.4, 0.5) is 5.69 Å². The van der Waals surface area contributed by atoms with Crippen LogP contribution in [0.25, 0.3) is 10.9 Å². The molecular weight excluding hydrogens is 290 g/mol. The molecule has 0 saturated carbocycles. The zero-order chi connectivity index (χ0) is 16.7. The summed E-state index contributed by atoms with van der Waals surface area (Å²) in [6, 6.07) is 9.92. The lowest BCUT2D eigenvalue weighted by atomic mass is 10.1. The van der Waals surface area contributed by atoms with Gasteiger partial charge in [-0.15, -0.1) is 0 Å². The van der Waals surface area contributed by atoms with Gasteiger partial charge in [0.15, 0.2) is 0 Å². The minimum absolute atomic E-state index is 0.191. The van der Waals surface area contributed by atoms with E-state index in [2.05, 4.69) is 29.3 Å². The molecule has 5 nitrogen and oxygen atoms in total. The SMILES string of the molecule is COC(=O)Cc1cc(NCCCCN(C)C)c2ccccc2n1. The van der Waals surface area contributed by atoms with Crippen molar-refractivity contribution in [1.29, 1.82) is 0 Å². The summed E-state index contributed by atoms with van der Waals surface area (Å²) < 4.78 is 4.74. The van der Waals surface area contributed by atoms with Gasteiger partial charge in [-0.2, -0.15) is 0 Å². The number of aromatic nitrogens is 1. The molecule has 0 amide bonds. The van der Waals surface area contributed by atoms with Gasteiger partial charge in [-0.25, -0.2) is 0 Å². The average molecular weight is 315 g/mol. The van der Waals surface area contributed by atoms with Crippen LogP contribution in [-0.4, -0.2) is 50.1 Å². The monoisotopic (exact) mass is 315 g/mol. The molecule has 1 heterocycles. The summed E-state index contributed by atoms with van der Waals surface area (Å²) in [5, 5.41) is 4.56. The summed E-state index contributed by atoms with van der Waals surface area (Å²) in [6.07, 6.45) is 2.44. The molecule has 23 heavy (non-hydrogen) atoms. The van der Waals surface area contributed by atoms with Crippen LogP contribution in [0.1, 0.15) is 18.5 Å². The summed E-state index contributed by atoms with van der Waals surface area (Å²) in [7, 11) is 5.57. The average Bonchev–Trinajstić information content (AvgIpc) is 2.54. The number of unbranched alkanes of at least 4 members (excludes halogenated alkanes) is 1. The van der Waals surface area contributed by atoms with Gasteiger partial charge in [-0.3, -0.25) is 9.78 Å². The molecule has 0 aliphatic carbocycles. The zero-order valence-corrected chi connectivity index (χ0v) is 14.1. The molecule has 2 aromatic rings. The third-order valence-corrected chi connectivity index (χ3v) is 3.67. The van der Waals surface area contributed by atoms with Crippen molar-refractivity contribution in [2.45, 2.75) is 19.3 Å². The molecule has 2 rings (SSSR count). The molecule has 1 aromatic heterocycles. The molecule has 5 heteroatoms. The second kappa shape index (κ2) is 8.48. The number of hydrogen-bond donors (Lipinski definition) is 1. The van der Waals surface area contributed by atoms with Crippen molar-refractivity contribution in [3.63, 3.8) is 0 Å². The van der Waals surface area contributed by atoms with E-state index in [4.69, 9.17) is 4.74 Å². The number of fused-ring (bicyclic) bond motifs is 1. The number of hydrogen-bond acceptors (Lipinski definition) is 5. The number of nitrogens with zero attached hydrogens (tertiary/aromatic N) is 2. The highest BCUT2D eigenvalue weighted by Crippen LogP contribution is 2.23. The van der Waals surface area contributed by atoms with Crippen molar-refractivity contribution in [3.8, 4) is 0 Å². The zero-order valence-electron chi connectivity index (χ0n) is 14.1. The van der Waals surface area contributed by atoms with E-state index in [1.165, 1.54) is 7.11 Å². The summed E-state index contributed by atoms with van der Waals surface area (Å²) in [4.78, 5) is 18.2. The van der Waals surface area contributed by atoms with Crippen molar-refractivity contribution in [3.05, 3.63) is 36.0 Å². The van der Waals surface area contributed by atoms with E-state index in [-0.39, 0.29) is 12.4 Å². The van der Waals surface area contributed by atoms with Gasteiger partial charge in [-0.1, -0.05) is 18.2 Å². The van der Waals surface area contributed by atoms with E-state index < -0.39 is 0 Å². The molecule has 0 unspecified atom stereocenters. The first-order valence-corrected chi connectivity index (χ1v) is 7.94. The number of ether oxygens (including phenoxy) is 1. The number of methoxy groups -OCH3 is 1. The van der Waals surface area contributed by atoms with E-state index in [0.717, 1.165) is 48.2 Å². The van der Waals surface area contributed by atoms with Crippen molar-refractivity contribution < 1.29 is 9.53 Å². The van der Waals surface area contributed by atoms with Crippen LogP contribution in [-0.2, 0) is 16.0 Å². The molecule has 0 bridgehead atoms. The van der Waals surface area contributed by atoms with Crippen molar-refractivity contribution in [2.24, 2.45) is 0 Å². The minimum atomic E-state index is -0.273. The fraction of sp³-hybridized carbons (Fsp3) is 0.444. The van der Waals surface area contributed by atoms with Crippen LogP contribution in [0.15, 0.2) is 30.3 Å². The van der Waals surface area contributed by atoms with Gasteiger partial charge in [0.05, 0.1) is 24.7 Å². The molecule has 1 aromatic carbocycles. The molecule has 0 atom stereocenters. The molecule has 0 spiro atoms. The van der Waals surface area contributed by atoms with Crippen LogP contribution in [0.5, 0.6) is 0 Å². The molecule has 0 radical (unpaired) electrons. The maximum absolute atomic E-state index is 11.5. The topological polar surface area (TPSA) is 54.5 Å². The number of anilines is 1. The van der Waals surface area contributed by atoms with Crippen LogP contribution in [0, 0.1) is 0 Å². The summed E-state index contributed by atoms with van der Waals surface area (Å²) >= 11 is 0. The summed E-state index contributed by atoms with van der Waals surface area (Å²) in [6.45, 7) is 1.99. The Bertz CT molecular complexity index is 656. The molecule has 0 aliphatic rings. The van der Waals surface area contributed by atoms with E-state index in [0.29, 0.717) is 0 Å². The first kappa shape index (κ1) is 17.2. The fourth-order valence-electron chi connectivity index (χ4n) is 2.46. The number of esters is 1. The smallest absolute Gasteiger partial charge is 0.311 e. The molecule has 0 fully saturated rings. The Morgan fingerprint density at radius 1 is 1.26 bits per heavy atom. The van der Waals surface area contributed by atoms with E-state index >= 15 is 0 Å². The lowest BCUT2D eigenvalue weighted by Gasteiger charge is -2.13. The highest BCUT2D eigenvalue weighted by molar-refractivity contribution is 5.91. The largest absolute Gasteiger partial charge is 0.469 e. The van der Waals surface area contributed by atoms with Gasteiger partial charge < -0.3 is 15.0 Å². The minimum Gasteiger partial charge on any atom is -0.469 e. The number of benzene rings is 1. The third kappa shape index (κ3) is 5.21. The van der Waals surface area contributed by atoms with Gasteiger partial charge in [0.2, 0.25) is 0 Å². The Morgan fingerprint density at radius 3 is 2.78 bits per heavy atom. The number of pyridine rings is 1. The van der Waals surface area contributed by atoms with Crippen LogP contribution in [0.3, 0.4) is 0 Å². The van der Waals surface area contributed by atoms with Crippen molar-refractivity contribution in [1.82, 2.24) is 9.88 Å². The summed E-state index contributed by atoms with van der Waals surface area (Å²) in [5.74, 6) is -0.273. The maximum Gasteiger partial charge on any atom is 0.311 e. The van der Waals surface area contributed by atoms with Gasteiger partial charge in [-0.05, 0) is 45.6 Å². The first-order valence-electron chi connectivity index (χ1n) is 7.94. The Kier molecular flexibility index (Phi) is 6.35. The number of para-hydroxylation sites is 1. The fourth-order valence-corrected chi connectivity index (χ4v) is 2.46. The molecule has 1 N–H and O–H groups in total. The number of nitrogens with one attached hydrogen (secondary N) is 1. The molecular formula is C18H25N3O2. The third-order valence-electron chi connectivity index (χ3n) is 3.67. The number of carbonyl (C=O) groups excluding carboxylic acids is 1. The Labute approximate surface area is 137 Å². The Morgan fingerprint density at radius 2 is 2.04 bits per heavy atom. The quantitative estimate of drug-likeness (QED) is 0.599. The van der Waals surface area contributed by atoms with E-state index in [9.17, 15) is 4.79 Å². The maximum atomic E-state index is 11.5. The van der Waals surface area contributed by atoms with Crippen LogP contribution < -0.4 is 5.32 Å². The molecule has 124 valence electrons. The predicted molar refractivity (Wildman–Crippen MR) is 93.7 cm³/mol.